The zero-order valence-electron chi connectivity index (χ0n) is 13.1. The van der Waals surface area contributed by atoms with Gasteiger partial charge in [-0.05, 0) is 36.4 Å². The molecule has 0 fully saturated rings. The summed E-state index contributed by atoms with van der Waals surface area (Å²) in [5, 5.41) is 12.2. The summed E-state index contributed by atoms with van der Waals surface area (Å²) in [5.41, 5.74) is 1.80. The summed E-state index contributed by atoms with van der Waals surface area (Å²) in [6.45, 7) is 0. The van der Waals surface area contributed by atoms with Gasteiger partial charge in [0, 0.05) is 28.4 Å². The van der Waals surface area contributed by atoms with E-state index in [2.05, 4.69) is 36.3 Å². The molecule has 0 spiro atoms. The number of aromatic nitrogens is 4. The molecule has 0 aliphatic carbocycles. The van der Waals surface area contributed by atoms with Crippen LogP contribution in [-0.2, 0) is 12.8 Å². The largest absolute Gasteiger partial charge is 0.421 e. The van der Waals surface area contributed by atoms with E-state index in [1.54, 1.807) is 0 Å². The van der Waals surface area contributed by atoms with E-state index in [4.69, 9.17) is 8.94 Å². The van der Waals surface area contributed by atoms with E-state index < -0.39 is 0 Å². The van der Waals surface area contributed by atoms with Crippen molar-refractivity contribution in [3.05, 3.63) is 70.9 Å². The van der Waals surface area contributed by atoms with Gasteiger partial charge in [0.05, 0.1) is 0 Å². The monoisotopic (exact) mass is 396 g/mol. The van der Waals surface area contributed by atoms with Crippen LogP contribution in [0.15, 0.2) is 68.0 Å². The fourth-order valence-electron chi connectivity index (χ4n) is 2.34. The molecule has 0 aliphatic heterocycles. The highest BCUT2D eigenvalue weighted by Gasteiger charge is 2.12. The highest BCUT2D eigenvalue weighted by atomic mass is 79.9. The molecule has 2 aromatic carbocycles. The van der Waals surface area contributed by atoms with Crippen LogP contribution in [0.25, 0.3) is 22.8 Å². The Kier molecular flexibility index (Phi) is 4.39. The van der Waals surface area contributed by atoms with Crippen LogP contribution in [0.5, 0.6) is 0 Å². The van der Waals surface area contributed by atoms with Crippen molar-refractivity contribution in [1.29, 1.82) is 0 Å². The molecule has 4 aromatic rings. The molecule has 0 radical (unpaired) electrons. The van der Waals surface area contributed by atoms with E-state index in [0.717, 1.165) is 15.6 Å². The molecule has 0 saturated heterocycles. The van der Waals surface area contributed by atoms with Gasteiger partial charge in [-0.1, -0.05) is 39.3 Å². The molecule has 7 heteroatoms. The molecule has 0 aliphatic rings. The first-order valence-corrected chi connectivity index (χ1v) is 8.53. The molecule has 6 nitrogen and oxygen atoms in total. The Balaban J connectivity index is 1.42. The van der Waals surface area contributed by atoms with Gasteiger partial charge in [0.15, 0.2) is 0 Å². The first-order chi connectivity index (χ1) is 12.3. The fourth-order valence-corrected chi connectivity index (χ4v) is 2.60. The Morgan fingerprint density at radius 2 is 1.56 bits per heavy atom. The lowest BCUT2D eigenvalue weighted by molar-refractivity contribution is 0.373. The molecule has 0 bridgehead atoms. The summed E-state index contributed by atoms with van der Waals surface area (Å²) < 4.78 is 12.0. The third-order valence-electron chi connectivity index (χ3n) is 3.61. The van der Waals surface area contributed by atoms with Crippen molar-refractivity contribution in [2.24, 2.45) is 0 Å². The second kappa shape index (κ2) is 6.98. The lowest BCUT2D eigenvalue weighted by Crippen LogP contribution is -1.92. The molecule has 0 N–H and O–H groups in total. The highest BCUT2D eigenvalue weighted by molar-refractivity contribution is 9.10. The number of benzene rings is 2. The fraction of sp³-hybridized carbons (Fsp3) is 0.111. The molecule has 0 unspecified atom stereocenters. The van der Waals surface area contributed by atoms with E-state index in [-0.39, 0.29) is 0 Å². The van der Waals surface area contributed by atoms with Crippen LogP contribution < -0.4 is 0 Å². The Hall–Kier alpha value is -2.80. The molecule has 2 aromatic heterocycles. The van der Waals surface area contributed by atoms with E-state index >= 15 is 0 Å². The summed E-state index contributed by atoms with van der Waals surface area (Å²) in [4.78, 5) is 4.41. The van der Waals surface area contributed by atoms with Crippen molar-refractivity contribution < 1.29 is 8.94 Å². The molecule has 124 valence electrons. The number of hydrogen-bond acceptors (Lipinski definition) is 6. The summed E-state index contributed by atoms with van der Waals surface area (Å²) >= 11 is 3.41. The van der Waals surface area contributed by atoms with Gasteiger partial charge >= 0.3 is 0 Å². The molecule has 4 rings (SSSR count). The third kappa shape index (κ3) is 3.66. The van der Waals surface area contributed by atoms with Crippen LogP contribution >= 0.6 is 15.9 Å². The average Bonchev–Trinajstić information content (AvgIpc) is 3.31. The van der Waals surface area contributed by atoms with Crippen molar-refractivity contribution in [3.8, 4) is 22.8 Å². The van der Waals surface area contributed by atoms with Gasteiger partial charge in [-0.2, -0.15) is 4.98 Å². The van der Waals surface area contributed by atoms with Gasteiger partial charge < -0.3 is 8.94 Å². The van der Waals surface area contributed by atoms with E-state index in [9.17, 15) is 0 Å². The normalized spacial score (nSPS) is 10.9. The molecule has 25 heavy (non-hydrogen) atoms. The molecule has 2 heterocycles. The Morgan fingerprint density at radius 3 is 2.36 bits per heavy atom. The maximum absolute atomic E-state index is 5.68. The minimum absolute atomic E-state index is 0.511. The minimum atomic E-state index is 0.511. The molecule has 0 amide bonds. The topological polar surface area (TPSA) is 77.8 Å². The van der Waals surface area contributed by atoms with Gasteiger partial charge in [0.25, 0.3) is 0 Å². The molecule has 0 saturated carbocycles. The highest BCUT2D eigenvalue weighted by Crippen LogP contribution is 2.20. The lowest BCUT2D eigenvalue weighted by atomic mass is 10.2. The lowest BCUT2D eigenvalue weighted by Gasteiger charge is -1.93. The van der Waals surface area contributed by atoms with Crippen LogP contribution in [-0.4, -0.2) is 20.3 Å². The average molecular weight is 397 g/mol. The predicted molar refractivity (Wildman–Crippen MR) is 94.6 cm³/mol. The maximum atomic E-state index is 5.68. The van der Waals surface area contributed by atoms with Gasteiger partial charge in [0.2, 0.25) is 23.5 Å². The van der Waals surface area contributed by atoms with E-state index in [1.165, 1.54) is 0 Å². The predicted octanol–water partition coefficient (Wildman–Crippen LogP) is 4.33. The minimum Gasteiger partial charge on any atom is -0.421 e. The first-order valence-electron chi connectivity index (χ1n) is 7.74. The van der Waals surface area contributed by atoms with Crippen LogP contribution in [0.2, 0.25) is 0 Å². The number of rotatable bonds is 5. The zero-order chi connectivity index (χ0) is 17.1. The third-order valence-corrected chi connectivity index (χ3v) is 4.14. The van der Waals surface area contributed by atoms with Gasteiger partial charge in [0.1, 0.15) is 0 Å². The van der Waals surface area contributed by atoms with Crippen molar-refractivity contribution in [1.82, 2.24) is 20.3 Å². The first kappa shape index (κ1) is 15.7. The van der Waals surface area contributed by atoms with Gasteiger partial charge in [-0.25, -0.2) is 0 Å². The second-order valence-corrected chi connectivity index (χ2v) is 6.30. The number of halogens is 1. The van der Waals surface area contributed by atoms with Gasteiger partial charge in [-0.15, -0.1) is 10.2 Å². The maximum Gasteiger partial charge on any atom is 0.247 e. The summed E-state index contributed by atoms with van der Waals surface area (Å²) in [6.07, 6.45) is 1.09. The van der Waals surface area contributed by atoms with Crippen molar-refractivity contribution in [3.63, 3.8) is 0 Å². The van der Waals surface area contributed by atoms with Crippen LogP contribution in [0.1, 0.15) is 11.8 Å². The van der Waals surface area contributed by atoms with E-state index in [1.807, 2.05) is 54.6 Å². The smallest absolute Gasteiger partial charge is 0.247 e. The molecular weight excluding hydrogens is 384 g/mol. The second-order valence-electron chi connectivity index (χ2n) is 5.39. The quantitative estimate of drug-likeness (QED) is 0.499. The van der Waals surface area contributed by atoms with Crippen LogP contribution in [0, 0.1) is 0 Å². The number of aryl methyl sites for hydroxylation is 2. The number of nitrogens with zero attached hydrogens (tertiary/aromatic N) is 4. The number of hydrogen-bond donors (Lipinski definition) is 0. The van der Waals surface area contributed by atoms with Crippen molar-refractivity contribution >= 4 is 15.9 Å². The van der Waals surface area contributed by atoms with Crippen LogP contribution in [0.3, 0.4) is 0 Å². The summed E-state index contributed by atoms with van der Waals surface area (Å²) in [6, 6.07) is 17.4. The van der Waals surface area contributed by atoms with Crippen LogP contribution in [0.4, 0.5) is 0 Å². The van der Waals surface area contributed by atoms with Crippen molar-refractivity contribution in [2.45, 2.75) is 12.8 Å². The standard InChI is InChI=1S/C18H13BrN4O2/c19-14-8-6-12(7-9-14)17-20-15(25-23-17)10-11-16-21-22-18(24-16)13-4-2-1-3-5-13/h1-9H,10-11H2. The van der Waals surface area contributed by atoms with Gasteiger partial charge in [-0.3, -0.25) is 0 Å². The SMILES string of the molecule is Brc1ccc(-c2noc(CCc3nnc(-c4ccccc4)o3)n2)cc1. The van der Waals surface area contributed by atoms with Crippen molar-refractivity contribution in [2.75, 3.05) is 0 Å². The Bertz CT molecular complexity index is 964. The zero-order valence-corrected chi connectivity index (χ0v) is 14.7. The van der Waals surface area contributed by atoms with E-state index in [0.29, 0.717) is 36.3 Å². The Morgan fingerprint density at radius 1 is 0.800 bits per heavy atom. The Labute approximate surface area is 152 Å². The molecular formula is C18H13BrN4O2. The summed E-state index contributed by atoms with van der Waals surface area (Å²) in [7, 11) is 0. The summed E-state index contributed by atoms with van der Waals surface area (Å²) in [5.74, 6) is 2.16. The molecule has 0 atom stereocenters.